The van der Waals surface area contributed by atoms with Crippen molar-refractivity contribution in [1.82, 2.24) is 0 Å². The molecule has 0 saturated heterocycles. The molecule has 0 radical (unpaired) electrons. The number of rotatable bonds is 5. The highest BCUT2D eigenvalue weighted by atomic mass is 35.5. The third-order valence-corrected chi connectivity index (χ3v) is 3.16. The van der Waals surface area contributed by atoms with Gasteiger partial charge in [0.2, 0.25) is 0 Å². The number of carboxylic acids is 1. The lowest BCUT2D eigenvalue weighted by atomic mass is 9.99. The van der Waals surface area contributed by atoms with E-state index >= 15 is 0 Å². The van der Waals surface area contributed by atoms with Crippen LogP contribution in [0, 0.1) is 5.82 Å². The fourth-order valence-electron chi connectivity index (χ4n) is 1.88. The quantitative estimate of drug-likeness (QED) is 0.882. The van der Waals surface area contributed by atoms with Crippen LogP contribution >= 0.6 is 11.6 Å². The molecule has 1 unspecified atom stereocenters. The zero-order valence-corrected chi connectivity index (χ0v) is 11.3. The second-order valence-corrected chi connectivity index (χ2v) is 4.74. The summed E-state index contributed by atoms with van der Waals surface area (Å²) in [6.07, 6.45) is 0. The number of nitrogens with one attached hydrogen (secondary N) is 1. The summed E-state index contributed by atoms with van der Waals surface area (Å²) in [5.74, 6) is -2.21. The Labute approximate surface area is 121 Å². The van der Waals surface area contributed by atoms with Gasteiger partial charge < -0.3 is 10.4 Å². The van der Waals surface area contributed by atoms with Crippen molar-refractivity contribution in [3.8, 4) is 0 Å². The van der Waals surface area contributed by atoms with Crippen molar-refractivity contribution in [2.75, 3.05) is 11.9 Å². The van der Waals surface area contributed by atoms with E-state index in [9.17, 15) is 14.3 Å². The first-order chi connectivity index (χ1) is 9.58. The molecule has 0 spiro atoms. The first-order valence-corrected chi connectivity index (χ1v) is 6.42. The number of aliphatic carboxylic acids is 1. The zero-order valence-electron chi connectivity index (χ0n) is 10.5. The van der Waals surface area contributed by atoms with Gasteiger partial charge in [-0.1, -0.05) is 41.9 Å². The molecule has 0 aliphatic heterocycles. The summed E-state index contributed by atoms with van der Waals surface area (Å²) in [5.41, 5.74) is 0.901. The van der Waals surface area contributed by atoms with E-state index in [2.05, 4.69) is 5.32 Å². The summed E-state index contributed by atoms with van der Waals surface area (Å²) >= 11 is 5.66. The van der Waals surface area contributed by atoms with Crippen molar-refractivity contribution < 1.29 is 14.3 Å². The molecule has 3 nitrogen and oxygen atoms in total. The largest absolute Gasteiger partial charge is 0.481 e. The number of benzene rings is 2. The standard InChI is InChI=1S/C15H13ClFNO2/c16-11-6-7-14(13(17)8-11)18-9-12(15(19)20)10-4-2-1-3-5-10/h1-8,12,18H,9H2,(H,19,20). The topological polar surface area (TPSA) is 49.3 Å². The molecule has 1 atom stereocenters. The Morgan fingerprint density at radius 1 is 1.25 bits per heavy atom. The molecule has 0 aromatic heterocycles. The van der Waals surface area contributed by atoms with Crippen LogP contribution in [0.4, 0.5) is 10.1 Å². The second-order valence-electron chi connectivity index (χ2n) is 4.31. The number of hydrogen-bond acceptors (Lipinski definition) is 2. The Kier molecular flexibility index (Phi) is 4.58. The van der Waals surface area contributed by atoms with Crippen molar-refractivity contribution in [3.63, 3.8) is 0 Å². The number of anilines is 1. The number of carbonyl (C=O) groups is 1. The Balaban J connectivity index is 2.12. The number of carboxylic acid groups (broad SMARTS) is 1. The van der Waals surface area contributed by atoms with Crippen molar-refractivity contribution in [1.29, 1.82) is 0 Å². The highest BCUT2D eigenvalue weighted by Gasteiger charge is 2.19. The van der Waals surface area contributed by atoms with Crippen LogP contribution in [0.2, 0.25) is 5.02 Å². The summed E-state index contributed by atoms with van der Waals surface area (Å²) < 4.78 is 13.6. The van der Waals surface area contributed by atoms with Gasteiger partial charge in [0.25, 0.3) is 0 Å². The number of hydrogen-bond donors (Lipinski definition) is 2. The predicted molar refractivity (Wildman–Crippen MR) is 76.7 cm³/mol. The molecular weight excluding hydrogens is 281 g/mol. The maximum absolute atomic E-state index is 13.6. The summed E-state index contributed by atoms with van der Waals surface area (Å²) in [5, 5.41) is 12.4. The summed E-state index contributed by atoms with van der Waals surface area (Å²) in [6.45, 7) is 0.0951. The van der Waals surface area contributed by atoms with Crippen LogP contribution in [0.15, 0.2) is 48.5 Å². The van der Waals surface area contributed by atoms with Gasteiger partial charge in [0.05, 0.1) is 11.6 Å². The Hall–Kier alpha value is -2.07. The molecule has 2 N–H and O–H groups in total. The van der Waals surface area contributed by atoms with Crippen LogP contribution < -0.4 is 5.32 Å². The molecule has 2 aromatic rings. The van der Waals surface area contributed by atoms with Gasteiger partial charge in [0.1, 0.15) is 5.82 Å². The van der Waals surface area contributed by atoms with Gasteiger partial charge in [0.15, 0.2) is 0 Å². The lowest BCUT2D eigenvalue weighted by Crippen LogP contribution is -2.21. The average Bonchev–Trinajstić information content (AvgIpc) is 2.42. The molecule has 0 bridgehead atoms. The molecule has 0 heterocycles. The molecular formula is C15H13ClFNO2. The SMILES string of the molecule is O=C(O)C(CNc1ccc(Cl)cc1F)c1ccccc1. The summed E-state index contributed by atoms with van der Waals surface area (Å²) in [6, 6.07) is 13.0. The molecule has 20 heavy (non-hydrogen) atoms. The van der Waals surface area contributed by atoms with E-state index in [0.717, 1.165) is 0 Å². The van der Waals surface area contributed by atoms with Crippen LogP contribution in [0.3, 0.4) is 0 Å². The average molecular weight is 294 g/mol. The molecule has 5 heteroatoms. The Morgan fingerprint density at radius 2 is 1.95 bits per heavy atom. The van der Waals surface area contributed by atoms with Crippen LogP contribution in [-0.2, 0) is 4.79 Å². The van der Waals surface area contributed by atoms with Crippen molar-refractivity contribution in [3.05, 3.63) is 64.9 Å². The third-order valence-electron chi connectivity index (χ3n) is 2.93. The van der Waals surface area contributed by atoms with Crippen LogP contribution in [-0.4, -0.2) is 17.6 Å². The normalized spacial score (nSPS) is 11.9. The van der Waals surface area contributed by atoms with E-state index in [1.807, 2.05) is 6.07 Å². The maximum atomic E-state index is 13.6. The van der Waals surface area contributed by atoms with E-state index in [-0.39, 0.29) is 12.2 Å². The lowest BCUT2D eigenvalue weighted by molar-refractivity contribution is -0.138. The Morgan fingerprint density at radius 3 is 2.55 bits per heavy atom. The van der Waals surface area contributed by atoms with E-state index in [1.165, 1.54) is 12.1 Å². The minimum atomic E-state index is -0.960. The summed E-state index contributed by atoms with van der Waals surface area (Å²) in [4.78, 5) is 11.3. The van der Waals surface area contributed by atoms with Gasteiger partial charge in [0, 0.05) is 11.6 Å². The monoisotopic (exact) mass is 293 g/mol. The van der Waals surface area contributed by atoms with Gasteiger partial charge >= 0.3 is 5.97 Å². The molecule has 0 amide bonds. The van der Waals surface area contributed by atoms with Crippen molar-refractivity contribution in [2.24, 2.45) is 0 Å². The fourth-order valence-corrected chi connectivity index (χ4v) is 2.04. The lowest BCUT2D eigenvalue weighted by Gasteiger charge is -2.15. The van der Waals surface area contributed by atoms with E-state index in [4.69, 9.17) is 11.6 Å². The van der Waals surface area contributed by atoms with Crippen LogP contribution in [0.1, 0.15) is 11.5 Å². The van der Waals surface area contributed by atoms with Gasteiger partial charge in [-0.25, -0.2) is 4.39 Å². The smallest absolute Gasteiger partial charge is 0.312 e. The first-order valence-electron chi connectivity index (χ1n) is 6.04. The van der Waals surface area contributed by atoms with E-state index in [1.54, 1.807) is 30.3 Å². The minimum Gasteiger partial charge on any atom is -0.481 e. The van der Waals surface area contributed by atoms with Crippen LogP contribution in [0.25, 0.3) is 0 Å². The zero-order chi connectivity index (χ0) is 14.5. The fraction of sp³-hybridized carbons (Fsp3) is 0.133. The molecule has 104 valence electrons. The number of halogens is 2. The van der Waals surface area contributed by atoms with Crippen molar-refractivity contribution >= 4 is 23.3 Å². The highest BCUT2D eigenvalue weighted by Crippen LogP contribution is 2.21. The van der Waals surface area contributed by atoms with Crippen LogP contribution in [0.5, 0.6) is 0 Å². The molecule has 2 aromatic carbocycles. The first kappa shape index (κ1) is 14.3. The van der Waals surface area contributed by atoms with Crippen molar-refractivity contribution in [2.45, 2.75) is 5.92 Å². The highest BCUT2D eigenvalue weighted by molar-refractivity contribution is 6.30. The third kappa shape index (κ3) is 3.48. The van der Waals surface area contributed by atoms with Gasteiger partial charge in [-0.05, 0) is 23.8 Å². The molecule has 0 aliphatic carbocycles. The van der Waals surface area contributed by atoms with Gasteiger partial charge in [-0.2, -0.15) is 0 Å². The minimum absolute atomic E-state index is 0.0951. The van der Waals surface area contributed by atoms with E-state index < -0.39 is 17.7 Å². The molecule has 0 saturated carbocycles. The maximum Gasteiger partial charge on any atom is 0.312 e. The molecule has 0 fully saturated rings. The van der Waals surface area contributed by atoms with E-state index in [0.29, 0.717) is 10.6 Å². The predicted octanol–water partition coefficient (Wildman–Crippen LogP) is 3.76. The van der Waals surface area contributed by atoms with Gasteiger partial charge in [-0.3, -0.25) is 4.79 Å². The van der Waals surface area contributed by atoms with Gasteiger partial charge in [-0.15, -0.1) is 0 Å². The second kappa shape index (κ2) is 6.39. The Bertz CT molecular complexity index is 604. The molecule has 0 aliphatic rings. The molecule has 2 rings (SSSR count). The summed E-state index contributed by atoms with van der Waals surface area (Å²) in [7, 11) is 0.